The summed E-state index contributed by atoms with van der Waals surface area (Å²) >= 11 is 0. The number of aliphatic carboxylic acids is 1. The van der Waals surface area contributed by atoms with E-state index >= 15 is 0 Å². The number of nitrogens with zero attached hydrogens (tertiary/aromatic N) is 1. The fourth-order valence-electron chi connectivity index (χ4n) is 9.57. The molecule has 15 nitrogen and oxygen atoms in total. The van der Waals surface area contributed by atoms with Crippen molar-refractivity contribution in [2.75, 3.05) is 30.4 Å². The molecule has 8 rings (SSSR count). The minimum Gasteiger partial charge on any atom is -0.508 e. The highest BCUT2D eigenvalue weighted by Crippen LogP contribution is 2.39. The number of phenols is 2. The number of carbonyl (C=O) groups excluding carboxylic acids is 5. The summed E-state index contributed by atoms with van der Waals surface area (Å²) in [7, 11) is 0. The molecule has 6 N–H and O–H groups in total. The summed E-state index contributed by atoms with van der Waals surface area (Å²) in [5.74, 6) is -2.69. The summed E-state index contributed by atoms with van der Waals surface area (Å²) in [6.45, 7) is 4.92. The molecule has 1 aliphatic heterocycles. The van der Waals surface area contributed by atoms with Gasteiger partial charge in [-0.2, -0.15) is 0 Å². The topological polar surface area (TPSA) is 221 Å². The first kappa shape index (κ1) is 52.5. The molecule has 1 aliphatic carbocycles. The number of carbonyl (C=O) groups is 6. The van der Waals surface area contributed by atoms with Gasteiger partial charge in [-0.15, -0.1) is 0 Å². The maximum Gasteiger partial charge on any atom is 0.329 e. The largest absolute Gasteiger partial charge is 0.508 e. The first-order chi connectivity index (χ1) is 35.2. The predicted octanol–water partition coefficient (Wildman–Crippen LogP) is 8.19. The van der Waals surface area contributed by atoms with Gasteiger partial charge in [-0.3, -0.25) is 24.0 Å². The SMILES string of the molecule is CC(=O)N1CCC(c2ccc(O)cc2)[C@H]1C(=O)Nc1ccc2c(c1)C(OCC(=O)O)c1ccccc1CC2.CCOC(=O)CC(c1ccccc1)c1cccc(NC(=O)[C@H](Cc2ccc(O)cc2)NC(C)=O)c1. The van der Waals surface area contributed by atoms with E-state index in [4.69, 9.17) is 9.47 Å². The molecular weight excluding hydrogens is 929 g/mol. The Morgan fingerprint density at radius 1 is 0.699 bits per heavy atom. The molecule has 1 fully saturated rings. The van der Waals surface area contributed by atoms with Crippen LogP contribution in [-0.2, 0) is 57.5 Å². The number of esters is 1. The van der Waals surface area contributed by atoms with E-state index in [1.807, 2.05) is 91.0 Å². The van der Waals surface area contributed by atoms with Gasteiger partial charge in [0.2, 0.25) is 23.6 Å². The molecular formula is C58H60N4O11. The van der Waals surface area contributed by atoms with E-state index < -0.39 is 30.8 Å². The third-order valence-electron chi connectivity index (χ3n) is 13.0. The second kappa shape index (κ2) is 24.7. The summed E-state index contributed by atoms with van der Waals surface area (Å²) < 4.78 is 11.1. The molecule has 378 valence electrons. The van der Waals surface area contributed by atoms with Crippen molar-refractivity contribution in [2.24, 2.45) is 0 Å². The molecule has 6 aromatic rings. The smallest absolute Gasteiger partial charge is 0.329 e. The summed E-state index contributed by atoms with van der Waals surface area (Å²) in [6.07, 6.45) is 2.05. The zero-order valence-corrected chi connectivity index (χ0v) is 41.0. The van der Waals surface area contributed by atoms with E-state index in [1.54, 1.807) is 54.3 Å². The Balaban J connectivity index is 0.000000215. The van der Waals surface area contributed by atoms with E-state index in [0.29, 0.717) is 30.9 Å². The number of likely N-dealkylation sites (tertiary alicyclic amines) is 1. The summed E-state index contributed by atoms with van der Waals surface area (Å²) in [5, 5.41) is 37.1. The summed E-state index contributed by atoms with van der Waals surface area (Å²) in [4.78, 5) is 76.1. The molecule has 6 aromatic carbocycles. The van der Waals surface area contributed by atoms with Crippen LogP contribution in [0, 0.1) is 0 Å². The molecule has 4 amide bonds. The Labute approximate surface area is 424 Å². The van der Waals surface area contributed by atoms with Crippen LogP contribution >= 0.6 is 0 Å². The first-order valence-corrected chi connectivity index (χ1v) is 24.2. The van der Waals surface area contributed by atoms with Crippen LogP contribution in [0.15, 0.2) is 146 Å². The van der Waals surface area contributed by atoms with Crippen molar-refractivity contribution in [3.63, 3.8) is 0 Å². The van der Waals surface area contributed by atoms with Crippen LogP contribution < -0.4 is 16.0 Å². The number of ether oxygens (including phenoxy) is 2. The zero-order valence-electron chi connectivity index (χ0n) is 41.0. The number of phenolic OH excluding ortho intramolecular Hbond substituents is 2. The molecule has 2 aliphatic rings. The lowest BCUT2D eigenvalue weighted by Gasteiger charge is -2.27. The average Bonchev–Trinajstić information content (AvgIpc) is 3.77. The maximum atomic E-state index is 13.6. The van der Waals surface area contributed by atoms with Gasteiger partial charge in [-0.1, -0.05) is 97.1 Å². The van der Waals surface area contributed by atoms with Gasteiger partial charge in [0.05, 0.1) is 13.0 Å². The number of aryl methyl sites for hydroxylation is 2. The number of fused-ring (bicyclic) bond motifs is 2. The maximum absolute atomic E-state index is 13.6. The minimum atomic E-state index is -1.05. The van der Waals surface area contributed by atoms with Crippen molar-refractivity contribution in [3.8, 4) is 11.5 Å². The van der Waals surface area contributed by atoms with Crippen LogP contribution in [0.2, 0.25) is 0 Å². The van der Waals surface area contributed by atoms with Gasteiger partial charge >= 0.3 is 11.9 Å². The Kier molecular flexibility index (Phi) is 17.8. The molecule has 73 heavy (non-hydrogen) atoms. The number of amides is 4. The fraction of sp³-hybridized carbons (Fsp3) is 0.276. The van der Waals surface area contributed by atoms with E-state index in [9.17, 15) is 44.1 Å². The van der Waals surface area contributed by atoms with Crippen molar-refractivity contribution < 1.29 is 53.6 Å². The van der Waals surface area contributed by atoms with Crippen LogP contribution in [-0.4, -0.2) is 87.6 Å². The van der Waals surface area contributed by atoms with Crippen LogP contribution in [0.4, 0.5) is 11.4 Å². The highest BCUT2D eigenvalue weighted by molar-refractivity contribution is 5.99. The highest BCUT2D eigenvalue weighted by atomic mass is 16.5. The zero-order chi connectivity index (χ0) is 52.0. The number of benzene rings is 6. The molecule has 1 heterocycles. The Morgan fingerprint density at radius 3 is 2.01 bits per heavy atom. The van der Waals surface area contributed by atoms with Gasteiger partial charge in [-0.05, 0) is 119 Å². The number of carboxylic acid groups (broad SMARTS) is 1. The van der Waals surface area contributed by atoms with E-state index in [-0.39, 0.29) is 65.8 Å². The molecule has 0 bridgehead atoms. The molecule has 0 aromatic heterocycles. The number of hydrogen-bond acceptors (Lipinski definition) is 10. The van der Waals surface area contributed by atoms with Gasteiger partial charge in [0.15, 0.2) is 0 Å². The Morgan fingerprint density at radius 2 is 1.34 bits per heavy atom. The van der Waals surface area contributed by atoms with E-state index in [2.05, 4.69) is 16.0 Å². The second-order valence-corrected chi connectivity index (χ2v) is 18.0. The quantitative estimate of drug-likeness (QED) is 0.0508. The minimum absolute atomic E-state index is 0.127. The van der Waals surface area contributed by atoms with Gasteiger partial charge < -0.3 is 45.6 Å². The molecule has 0 saturated carbocycles. The second-order valence-electron chi connectivity index (χ2n) is 18.0. The third kappa shape index (κ3) is 14.0. The van der Waals surface area contributed by atoms with Crippen molar-refractivity contribution in [2.45, 2.75) is 82.9 Å². The van der Waals surface area contributed by atoms with Gasteiger partial charge in [-0.25, -0.2) is 4.79 Å². The molecule has 1 saturated heterocycles. The third-order valence-corrected chi connectivity index (χ3v) is 13.0. The lowest BCUT2D eigenvalue weighted by molar-refractivity contribution is -0.144. The van der Waals surface area contributed by atoms with Crippen LogP contribution in [0.5, 0.6) is 11.5 Å². The van der Waals surface area contributed by atoms with Gasteiger partial charge in [0, 0.05) is 50.0 Å². The number of anilines is 2. The normalized spacial score (nSPS) is 16.4. The lowest BCUT2D eigenvalue weighted by atomic mass is 9.88. The van der Waals surface area contributed by atoms with Crippen LogP contribution in [0.3, 0.4) is 0 Å². The van der Waals surface area contributed by atoms with Gasteiger partial charge in [0.25, 0.3) is 0 Å². The van der Waals surface area contributed by atoms with Crippen LogP contribution in [0.1, 0.15) is 96.1 Å². The summed E-state index contributed by atoms with van der Waals surface area (Å²) in [6, 6.07) is 42.2. The molecule has 0 radical (unpaired) electrons. The van der Waals surface area contributed by atoms with Crippen molar-refractivity contribution in [3.05, 3.63) is 190 Å². The van der Waals surface area contributed by atoms with E-state index in [0.717, 1.165) is 57.3 Å². The van der Waals surface area contributed by atoms with Crippen molar-refractivity contribution >= 4 is 46.9 Å². The number of nitrogens with one attached hydrogen (secondary N) is 3. The monoisotopic (exact) mass is 988 g/mol. The Bertz CT molecular complexity index is 2910. The van der Waals surface area contributed by atoms with Gasteiger partial charge in [0.1, 0.15) is 36.3 Å². The molecule has 5 atom stereocenters. The number of aromatic hydroxyl groups is 2. The van der Waals surface area contributed by atoms with Crippen LogP contribution in [0.25, 0.3) is 0 Å². The number of carboxylic acids is 1. The number of hydrogen-bond donors (Lipinski definition) is 6. The summed E-state index contributed by atoms with van der Waals surface area (Å²) in [5.41, 5.74) is 8.48. The highest BCUT2D eigenvalue weighted by Gasteiger charge is 2.41. The Hall–Kier alpha value is -8.30. The average molecular weight is 989 g/mol. The molecule has 0 spiro atoms. The predicted molar refractivity (Wildman–Crippen MR) is 275 cm³/mol. The van der Waals surface area contributed by atoms with E-state index in [1.165, 1.54) is 26.0 Å². The molecule has 15 heteroatoms. The standard InChI is InChI=1S/C30H30N2O6.C28H30N2O5/c1-18(33)32-15-14-24(20-9-12-23(34)13-10-20)28(32)30(37)31-22-11-8-21-7-6-19-4-2-3-5-25(19)29(26(21)16-22)38-17-27(35)36;1-3-35-27(33)18-25(21-8-5-4-6-9-21)22-10-7-11-23(17-22)30-28(34)26(29-19(2)31)16-20-12-14-24(32)15-13-20/h2-5,8-13,16,24,28-29,34H,6-7,14-15,17H2,1H3,(H,31,37)(H,35,36);4-15,17,25-26,32H,3,16,18H2,1-2H3,(H,29,31)(H,30,34)/t24?,28-,29?;25?,26-/m00/s1. The lowest BCUT2D eigenvalue weighted by Crippen LogP contribution is -2.44. The molecule has 3 unspecified atom stereocenters. The fourth-order valence-corrected chi connectivity index (χ4v) is 9.57. The van der Waals surface area contributed by atoms with Crippen molar-refractivity contribution in [1.29, 1.82) is 0 Å². The number of rotatable bonds is 16. The first-order valence-electron chi connectivity index (χ1n) is 24.2. The van der Waals surface area contributed by atoms with Crippen molar-refractivity contribution in [1.82, 2.24) is 10.2 Å².